The predicted octanol–water partition coefficient (Wildman–Crippen LogP) is 4.84. The Bertz CT molecular complexity index is 1170. The average Bonchev–Trinajstić information content (AvgIpc) is 3.35. The fourth-order valence-corrected chi connectivity index (χ4v) is 3.95. The SMILES string of the molecule is CCn1c2ccccc2c2cc(N3NNC=C3CNc3ccccc3)ccc21.[HH]. The molecule has 0 aliphatic carbocycles. The van der Waals surface area contributed by atoms with Crippen LogP contribution in [-0.4, -0.2) is 11.1 Å². The Morgan fingerprint density at radius 1 is 0.893 bits per heavy atom. The third kappa shape index (κ3) is 2.77. The van der Waals surface area contributed by atoms with Gasteiger partial charge in [0.25, 0.3) is 0 Å². The van der Waals surface area contributed by atoms with E-state index in [9.17, 15) is 0 Å². The number of hydrazine groups is 2. The van der Waals surface area contributed by atoms with Crippen molar-refractivity contribution < 1.29 is 1.43 Å². The molecule has 0 spiro atoms. The molecule has 5 rings (SSSR count). The Labute approximate surface area is 165 Å². The van der Waals surface area contributed by atoms with Crippen molar-refractivity contribution in [3.05, 3.63) is 84.7 Å². The minimum Gasteiger partial charge on any atom is -0.379 e. The molecule has 5 heteroatoms. The normalized spacial score (nSPS) is 13.8. The minimum absolute atomic E-state index is 0. The van der Waals surface area contributed by atoms with Gasteiger partial charge in [-0.1, -0.05) is 36.4 Å². The first-order valence-electron chi connectivity index (χ1n) is 9.65. The van der Waals surface area contributed by atoms with Crippen LogP contribution in [0, 0.1) is 0 Å². The maximum Gasteiger partial charge on any atom is 0.0732 e. The quantitative estimate of drug-likeness (QED) is 0.470. The molecule has 0 atom stereocenters. The summed E-state index contributed by atoms with van der Waals surface area (Å²) in [7, 11) is 0. The molecular formula is C23H25N5. The molecule has 2 heterocycles. The number of aryl methyl sites for hydroxylation is 1. The van der Waals surface area contributed by atoms with Gasteiger partial charge < -0.3 is 15.3 Å². The lowest BCUT2D eigenvalue weighted by Crippen LogP contribution is -2.38. The molecule has 0 bridgehead atoms. The molecule has 0 unspecified atom stereocenters. The second-order valence-corrected chi connectivity index (χ2v) is 6.91. The zero-order valence-corrected chi connectivity index (χ0v) is 15.8. The Morgan fingerprint density at radius 2 is 1.68 bits per heavy atom. The standard InChI is InChI=1S/C23H23N5.H2/c1-2-27-22-11-7-6-10-20(22)21-14-18(12-13-23(21)27)28-19(16-25-26-28)15-24-17-8-4-3-5-9-17;/h3-14,16,24-26H,2,15H2,1H3;1H. The van der Waals surface area contributed by atoms with Crippen LogP contribution in [0.5, 0.6) is 0 Å². The van der Waals surface area contributed by atoms with Gasteiger partial charge in [-0.2, -0.15) is 0 Å². The molecule has 3 N–H and O–H groups in total. The molecule has 28 heavy (non-hydrogen) atoms. The van der Waals surface area contributed by atoms with Crippen molar-refractivity contribution in [2.45, 2.75) is 13.5 Å². The summed E-state index contributed by atoms with van der Waals surface area (Å²) in [5.74, 6) is 0. The summed E-state index contributed by atoms with van der Waals surface area (Å²) in [4.78, 5) is 0. The van der Waals surface area contributed by atoms with Crippen LogP contribution in [0.15, 0.2) is 84.7 Å². The fourth-order valence-electron chi connectivity index (χ4n) is 3.95. The van der Waals surface area contributed by atoms with Crippen LogP contribution in [0.3, 0.4) is 0 Å². The third-order valence-electron chi connectivity index (χ3n) is 5.28. The minimum atomic E-state index is 0. The van der Waals surface area contributed by atoms with E-state index < -0.39 is 0 Å². The van der Waals surface area contributed by atoms with Crippen molar-refractivity contribution >= 4 is 33.2 Å². The summed E-state index contributed by atoms with van der Waals surface area (Å²) in [5.41, 5.74) is 12.3. The van der Waals surface area contributed by atoms with E-state index in [1.807, 2.05) is 24.4 Å². The van der Waals surface area contributed by atoms with Crippen LogP contribution in [0.25, 0.3) is 21.8 Å². The molecule has 0 fully saturated rings. The maximum atomic E-state index is 3.47. The van der Waals surface area contributed by atoms with E-state index in [0.29, 0.717) is 0 Å². The number of nitrogens with zero attached hydrogens (tertiary/aromatic N) is 2. The molecule has 1 aliphatic rings. The van der Waals surface area contributed by atoms with E-state index in [2.05, 4.69) is 87.4 Å². The summed E-state index contributed by atoms with van der Waals surface area (Å²) in [6.45, 7) is 3.87. The van der Waals surface area contributed by atoms with Crippen LogP contribution in [-0.2, 0) is 6.54 Å². The van der Waals surface area contributed by atoms with E-state index >= 15 is 0 Å². The molecule has 1 aliphatic heterocycles. The number of hydrogen-bond donors (Lipinski definition) is 3. The van der Waals surface area contributed by atoms with Crippen molar-refractivity contribution in [1.29, 1.82) is 0 Å². The number of rotatable bonds is 5. The highest BCUT2D eigenvalue weighted by Crippen LogP contribution is 2.32. The van der Waals surface area contributed by atoms with Crippen molar-refractivity contribution in [2.24, 2.45) is 0 Å². The molecule has 142 valence electrons. The van der Waals surface area contributed by atoms with Crippen LogP contribution in [0.2, 0.25) is 0 Å². The highest BCUT2D eigenvalue weighted by molar-refractivity contribution is 6.09. The fraction of sp³-hybridized carbons (Fsp3) is 0.130. The van der Waals surface area contributed by atoms with E-state index in [-0.39, 0.29) is 1.43 Å². The lowest BCUT2D eigenvalue weighted by molar-refractivity contribution is 0.669. The van der Waals surface area contributed by atoms with Gasteiger partial charge in [-0.3, -0.25) is 5.01 Å². The second kappa shape index (κ2) is 6.94. The largest absolute Gasteiger partial charge is 0.379 e. The van der Waals surface area contributed by atoms with Gasteiger partial charge in [-0.15, -0.1) is 5.53 Å². The predicted molar refractivity (Wildman–Crippen MR) is 119 cm³/mol. The van der Waals surface area contributed by atoms with Crippen LogP contribution >= 0.6 is 0 Å². The smallest absolute Gasteiger partial charge is 0.0732 e. The zero-order chi connectivity index (χ0) is 18.9. The van der Waals surface area contributed by atoms with Crippen LogP contribution in [0.1, 0.15) is 8.35 Å². The van der Waals surface area contributed by atoms with E-state index in [4.69, 9.17) is 0 Å². The van der Waals surface area contributed by atoms with Gasteiger partial charge in [0.05, 0.1) is 17.9 Å². The summed E-state index contributed by atoms with van der Waals surface area (Å²) >= 11 is 0. The molecule has 0 amide bonds. The first-order chi connectivity index (χ1) is 13.8. The highest BCUT2D eigenvalue weighted by Gasteiger charge is 2.18. The third-order valence-corrected chi connectivity index (χ3v) is 5.28. The topological polar surface area (TPSA) is 44.3 Å². The summed E-state index contributed by atoms with van der Waals surface area (Å²) in [6.07, 6.45) is 2.00. The van der Waals surface area contributed by atoms with Gasteiger partial charge in [0, 0.05) is 41.7 Å². The number of fused-ring (bicyclic) bond motifs is 3. The highest BCUT2D eigenvalue weighted by atomic mass is 15.7. The van der Waals surface area contributed by atoms with Crippen LogP contribution < -0.4 is 21.3 Å². The summed E-state index contributed by atoms with van der Waals surface area (Å²) < 4.78 is 2.37. The summed E-state index contributed by atoms with van der Waals surface area (Å²) in [5, 5.41) is 8.13. The average molecular weight is 371 g/mol. The van der Waals surface area contributed by atoms with Gasteiger partial charge in [0.2, 0.25) is 0 Å². The number of benzene rings is 3. The van der Waals surface area contributed by atoms with Crippen molar-refractivity contribution in [2.75, 3.05) is 16.9 Å². The molecule has 0 radical (unpaired) electrons. The molecule has 0 saturated heterocycles. The molecule has 5 nitrogen and oxygen atoms in total. The molecule has 3 aromatic carbocycles. The summed E-state index contributed by atoms with van der Waals surface area (Å²) in [6, 6.07) is 25.5. The van der Waals surface area contributed by atoms with E-state index in [1.165, 1.54) is 21.8 Å². The number of para-hydroxylation sites is 2. The van der Waals surface area contributed by atoms with Gasteiger partial charge in [0.15, 0.2) is 0 Å². The van der Waals surface area contributed by atoms with E-state index in [1.54, 1.807) is 0 Å². The molecular weight excluding hydrogens is 346 g/mol. The first kappa shape index (κ1) is 16.7. The van der Waals surface area contributed by atoms with Crippen molar-refractivity contribution in [3.8, 4) is 0 Å². The Hall–Kier alpha value is -3.44. The van der Waals surface area contributed by atoms with Gasteiger partial charge in [0.1, 0.15) is 0 Å². The number of hydrogen-bond acceptors (Lipinski definition) is 4. The van der Waals surface area contributed by atoms with Gasteiger partial charge in [-0.25, -0.2) is 0 Å². The van der Waals surface area contributed by atoms with Gasteiger partial charge >= 0.3 is 0 Å². The first-order valence-corrected chi connectivity index (χ1v) is 9.65. The second-order valence-electron chi connectivity index (χ2n) is 6.91. The number of aromatic nitrogens is 1. The lowest BCUT2D eigenvalue weighted by atomic mass is 10.1. The lowest BCUT2D eigenvalue weighted by Gasteiger charge is -2.22. The Balaban J connectivity index is 0.00000205. The molecule has 1 aromatic heterocycles. The van der Waals surface area contributed by atoms with Crippen molar-refractivity contribution in [3.63, 3.8) is 0 Å². The molecule has 4 aromatic rings. The van der Waals surface area contributed by atoms with Crippen molar-refractivity contribution in [1.82, 2.24) is 15.5 Å². The Kier molecular flexibility index (Phi) is 4.14. The zero-order valence-electron chi connectivity index (χ0n) is 15.8. The monoisotopic (exact) mass is 371 g/mol. The molecule has 0 saturated carbocycles. The van der Waals surface area contributed by atoms with Gasteiger partial charge in [-0.05, 0) is 43.3 Å². The van der Waals surface area contributed by atoms with Crippen LogP contribution in [0.4, 0.5) is 11.4 Å². The van der Waals surface area contributed by atoms with E-state index in [0.717, 1.165) is 30.2 Å². The number of anilines is 2. The maximum absolute atomic E-state index is 3.47. The Morgan fingerprint density at radius 3 is 2.54 bits per heavy atom. The number of nitrogens with one attached hydrogen (secondary N) is 3.